The fraction of sp³-hybridized carbons (Fsp3) is 0.500. The molecule has 0 aromatic carbocycles. The highest BCUT2D eigenvalue weighted by atomic mass is 35.5. The van der Waals surface area contributed by atoms with Gasteiger partial charge in [0.1, 0.15) is 4.88 Å². The molecule has 2 rings (SSSR count). The van der Waals surface area contributed by atoms with Gasteiger partial charge in [-0.1, -0.05) is 18.5 Å². The molecule has 1 fully saturated rings. The largest absolute Gasteiger partial charge is 0.380 e. The van der Waals surface area contributed by atoms with Crippen LogP contribution < -0.4 is 5.32 Å². The molecular weight excluding hydrogens is 234 g/mol. The van der Waals surface area contributed by atoms with E-state index in [1.54, 1.807) is 6.07 Å². The first-order chi connectivity index (χ1) is 7.11. The standard InChI is InChI=1S/C10H12ClNO2S/c1-10(5-14-6-10)4-12-9(13)8-7(11)2-3-15-8/h2-3H,4-6H2,1H3,(H,12,13). The fourth-order valence-electron chi connectivity index (χ4n) is 1.38. The van der Waals surface area contributed by atoms with Crippen molar-refractivity contribution in [3.63, 3.8) is 0 Å². The van der Waals surface area contributed by atoms with Gasteiger partial charge in [-0.3, -0.25) is 4.79 Å². The highest BCUT2D eigenvalue weighted by Gasteiger charge is 2.33. The van der Waals surface area contributed by atoms with Gasteiger partial charge in [-0.25, -0.2) is 0 Å². The van der Waals surface area contributed by atoms with Crippen LogP contribution in [0.2, 0.25) is 5.02 Å². The van der Waals surface area contributed by atoms with E-state index < -0.39 is 0 Å². The Balaban J connectivity index is 1.90. The number of nitrogens with one attached hydrogen (secondary N) is 1. The normalized spacial score (nSPS) is 18.3. The summed E-state index contributed by atoms with van der Waals surface area (Å²) in [4.78, 5) is 12.3. The average molecular weight is 246 g/mol. The van der Waals surface area contributed by atoms with Crippen molar-refractivity contribution in [1.82, 2.24) is 5.32 Å². The Labute approximate surface area is 97.4 Å². The lowest BCUT2D eigenvalue weighted by Crippen LogP contribution is -2.48. The van der Waals surface area contributed by atoms with Crippen molar-refractivity contribution in [2.75, 3.05) is 19.8 Å². The van der Waals surface area contributed by atoms with Crippen LogP contribution in [0.3, 0.4) is 0 Å². The molecule has 0 radical (unpaired) electrons. The van der Waals surface area contributed by atoms with Gasteiger partial charge in [0, 0.05) is 12.0 Å². The molecule has 2 heterocycles. The van der Waals surface area contributed by atoms with E-state index in [0.717, 1.165) is 0 Å². The SMILES string of the molecule is CC1(CNC(=O)c2sccc2Cl)COC1. The van der Waals surface area contributed by atoms with Crippen molar-refractivity contribution in [3.8, 4) is 0 Å². The minimum atomic E-state index is -0.0943. The molecule has 0 spiro atoms. The van der Waals surface area contributed by atoms with E-state index in [-0.39, 0.29) is 11.3 Å². The number of hydrogen-bond donors (Lipinski definition) is 1. The molecule has 0 aliphatic carbocycles. The lowest BCUT2D eigenvalue weighted by molar-refractivity contribution is -0.0978. The second-order valence-corrected chi connectivity index (χ2v) is 5.41. The van der Waals surface area contributed by atoms with E-state index in [1.807, 2.05) is 5.38 Å². The summed E-state index contributed by atoms with van der Waals surface area (Å²) in [6.07, 6.45) is 0. The summed E-state index contributed by atoms with van der Waals surface area (Å²) in [6.45, 7) is 4.16. The monoisotopic (exact) mass is 245 g/mol. The summed E-state index contributed by atoms with van der Waals surface area (Å²) >= 11 is 7.22. The first-order valence-corrected chi connectivity index (χ1v) is 5.95. The maximum absolute atomic E-state index is 11.7. The number of amides is 1. The van der Waals surface area contributed by atoms with Crippen molar-refractivity contribution < 1.29 is 9.53 Å². The van der Waals surface area contributed by atoms with Gasteiger partial charge in [0.2, 0.25) is 0 Å². The molecule has 1 amide bonds. The lowest BCUT2D eigenvalue weighted by atomic mass is 9.89. The molecule has 1 aromatic rings. The van der Waals surface area contributed by atoms with Crippen LogP contribution in [-0.4, -0.2) is 25.7 Å². The molecule has 1 N–H and O–H groups in total. The lowest BCUT2D eigenvalue weighted by Gasteiger charge is -2.37. The summed E-state index contributed by atoms with van der Waals surface area (Å²) in [6, 6.07) is 1.73. The van der Waals surface area contributed by atoms with Crippen molar-refractivity contribution in [3.05, 3.63) is 21.3 Å². The zero-order valence-corrected chi connectivity index (χ0v) is 9.95. The zero-order valence-electron chi connectivity index (χ0n) is 8.38. The second-order valence-electron chi connectivity index (χ2n) is 4.08. The van der Waals surface area contributed by atoms with Gasteiger partial charge in [0.15, 0.2) is 0 Å². The van der Waals surface area contributed by atoms with Gasteiger partial charge in [-0.2, -0.15) is 0 Å². The summed E-state index contributed by atoms with van der Waals surface area (Å²) in [5.41, 5.74) is 0.0966. The van der Waals surface area contributed by atoms with Gasteiger partial charge >= 0.3 is 0 Å². The predicted octanol–water partition coefficient (Wildman–Crippen LogP) is 2.17. The van der Waals surface area contributed by atoms with Crippen LogP contribution in [-0.2, 0) is 4.74 Å². The molecular formula is C10H12ClNO2S. The number of carbonyl (C=O) groups is 1. The van der Waals surface area contributed by atoms with Crippen molar-refractivity contribution in [2.45, 2.75) is 6.92 Å². The number of halogens is 1. The average Bonchev–Trinajstić information content (AvgIpc) is 2.58. The van der Waals surface area contributed by atoms with Crippen LogP contribution in [0, 0.1) is 5.41 Å². The highest BCUT2D eigenvalue weighted by Crippen LogP contribution is 2.26. The molecule has 15 heavy (non-hydrogen) atoms. The third-order valence-corrected chi connectivity index (χ3v) is 3.74. The van der Waals surface area contributed by atoms with Crippen molar-refractivity contribution in [2.24, 2.45) is 5.41 Å². The van der Waals surface area contributed by atoms with Crippen LogP contribution >= 0.6 is 22.9 Å². The minimum Gasteiger partial charge on any atom is -0.380 e. The van der Waals surface area contributed by atoms with E-state index in [0.29, 0.717) is 29.7 Å². The van der Waals surface area contributed by atoms with Crippen LogP contribution in [0.1, 0.15) is 16.6 Å². The third-order valence-electron chi connectivity index (χ3n) is 2.40. The minimum absolute atomic E-state index is 0.0943. The van der Waals surface area contributed by atoms with Gasteiger partial charge in [-0.15, -0.1) is 11.3 Å². The Morgan fingerprint density at radius 3 is 2.93 bits per heavy atom. The maximum Gasteiger partial charge on any atom is 0.262 e. The Hall–Kier alpha value is -0.580. The van der Waals surface area contributed by atoms with Gasteiger partial charge < -0.3 is 10.1 Å². The molecule has 1 aliphatic heterocycles. The quantitative estimate of drug-likeness (QED) is 0.887. The zero-order chi connectivity index (χ0) is 10.9. The Morgan fingerprint density at radius 1 is 1.73 bits per heavy atom. The number of thiophene rings is 1. The number of ether oxygens (including phenoxy) is 1. The smallest absolute Gasteiger partial charge is 0.262 e. The van der Waals surface area contributed by atoms with Crippen LogP contribution in [0.4, 0.5) is 0 Å². The third kappa shape index (κ3) is 2.33. The fourth-order valence-corrected chi connectivity index (χ4v) is 2.44. The molecule has 1 aromatic heterocycles. The van der Waals surface area contributed by atoms with Gasteiger partial charge in [0.05, 0.1) is 18.2 Å². The molecule has 1 saturated heterocycles. The maximum atomic E-state index is 11.7. The van der Waals surface area contributed by atoms with E-state index in [4.69, 9.17) is 16.3 Å². The number of rotatable bonds is 3. The summed E-state index contributed by atoms with van der Waals surface area (Å²) in [7, 11) is 0. The number of hydrogen-bond acceptors (Lipinski definition) is 3. The first kappa shape index (κ1) is 10.9. The van der Waals surface area contributed by atoms with E-state index in [1.165, 1.54) is 11.3 Å². The van der Waals surface area contributed by atoms with E-state index >= 15 is 0 Å². The van der Waals surface area contributed by atoms with Crippen molar-refractivity contribution >= 4 is 28.8 Å². The van der Waals surface area contributed by atoms with E-state index in [9.17, 15) is 4.79 Å². The summed E-state index contributed by atoms with van der Waals surface area (Å²) in [5, 5.41) is 5.21. The van der Waals surface area contributed by atoms with E-state index in [2.05, 4.69) is 12.2 Å². The molecule has 0 saturated carbocycles. The molecule has 0 atom stereocenters. The highest BCUT2D eigenvalue weighted by molar-refractivity contribution is 7.12. The molecule has 5 heteroatoms. The van der Waals surface area contributed by atoms with Crippen LogP contribution in [0.25, 0.3) is 0 Å². The van der Waals surface area contributed by atoms with Crippen molar-refractivity contribution in [1.29, 1.82) is 0 Å². The molecule has 82 valence electrons. The predicted molar refractivity (Wildman–Crippen MR) is 60.6 cm³/mol. The Kier molecular flexibility index (Phi) is 3.00. The molecule has 3 nitrogen and oxygen atoms in total. The first-order valence-electron chi connectivity index (χ1n) is 4.70. The number of carbonyl (C=O) groups excluding carboxylic acids is 1. The van der Waals surface area contributed by atoms with Crippen LogP contribution in [0.5, 0.6) is 0 Å². The summed E-state index contributed by atoms with van der Waals surface area (Å²) in [5.74, 6) is -0.0943. The van der Waals surface area contributed by atoms with Gasteiger partial charge in [-0.05, 0) is 11.4 Å². The molecule has 0 bridgehead atoms. The second kappa shape index (κ2) is 4.12. The summed E-state index contributed by atoms with van der Waals surface area (Å²) < 4.78 is 5.11. The topological polar surface area (TPSA) is 38.3 Å². The Bertz CT molecular complexity index is 373. The van der Waals surface area contributed by atoms with Crippen LogP contribution in [0.15, 0.2) is 11.4 Å². The molecule has 1 aliphatic rings. The molecule has 0 unspecified atom stereocenters. The Morgan fingerprint density at radius 2 is 2.47 bits per heavy atom. The van der Waals surface area contributed by atoms with Gasteiger partial charge in [0.25, 0.3) is 5.91 Å².